The molecule has 0 bridgehead atoms. The first kappa shape index (κ1) is 21.7. The summed E-state index contributed by atoms with van der Waals surface area (Å²) < 4.78 is 0. The maximum absolute atomic E-state index is 11.9. The number of nitrogens with one attached hydrogen (secondary N) is 3. The molecule has 0 spiro atoms. The number of halogens is 1. The van der Waals surface area contributed by atoms with Gasteiger partial charge in [0, 0.05) is 33.1 Å². The molecule has 1 aliphatic carbocycles. The van der Waals surface area contributed by atoms with Crippen molar-refractivity contribution in [1.82, 2.24) is 16.0 Å². The van der Waals surface area contributed by atoms with Gasteiger partial charge in [0.2, 0.25) is 5.91 Å². The fourth-order valence-electron chi connectivity index (χ4n) is 3.04. The first-order chi connectivity index (χ1) is 11.7. The van der Waals surface area contributed by atoms with E-state index in [9.17, 15) is 4.79 Å². The molecule has 0 aliphatic heterocycles. The van der Waals surface area contributed by atoms with E-state index in [1.807, 2.05) is 0 Å². The molecule has 1 saturated carbocycles. The monoisotopic (exact) mass is 458 g/mol. The highest BCUT2D eigenvalue weighted by atomic mass is 127. The van der Waals surface area contributed by atoms with E-state index in [0.29, 0.717) is 25.4 Å². The molecule has 3 N–H and O–H groups in total. The lowest BCUT2D eigenvalue weighted by atomic mass is 10.0. The van der Waals surface area contributed by atoms with Crippen molar-refractivity contribution in [2.75, 3.05) is 20.1 Å². The highest BCUT2D eigenvalue weighted by molar-refractivity contribution is 14.0. The molecule has 1 aromatic rings. The molecule has 0 aromatic heterocycles. The Kier molecular flexibility index (Phi) is 10.5. The molecular formula is C19H31IN4O. The van der Waals surface area contributed by atoms with Gasteiger partial charge in [0.25, 0.3) is 0 Å². The lowest BCUT2D eigenvalue weighted by molar-refractivity contribution is -0.121. The molecule has 6 heteroatoms. The second-order valence-electron chi connectivity index (χ2n) is 6.54. The molecule has 5 nitrogen and oxygen atoms in total. The summed E-state index contributed by atoms with van der Waals surface area (Å²) in [6, 6.07) is 8.43. The Bertz CT molecular complexity index is 539. The van der Waals surface area contributed by atoms with E-state index in [-0.39, 0.29) is 29.9 Å². The second kappa shape index (κ2) is 12.1. The van der Waals surface area contributed by atoms with Crippen molar-refractivity contribution in [1.29, 1.82) is 0 Å². The summed E-state index contributed by atoms with van der Waals surface area (Å²) in [5.41, 5.74) is 2.48. The predicted octanol–water partition coefficient (Wildman–Crippen LogP) is 2.97. The predicted molar refractivity (Wildman–Crippen MR) is 114 cm³/mol. The van der Waals surface area contributed by atoms with E-state index in [1.54, 1.807) is 7.05 Å². The molecule has 0 radical (unpaired) electrons. The van der Waals surface area contributed by atoms with Crippen LogP contribution in [0, 0.1) is 12.8 Å². The van der Waals surface area contributed by atoms with Gasteiger partial charge in [-0.1, -0.05) is 42.7 Å². The van der Waals surface area contributed by atoms with Crippen LogP contribution in [0.1, 0.15) is 43.2 Å². The van der Waals surface area contributed by atoms with Gasteiger partial charge in [-0.15, -0.1) is 24.0 Å². The third-order valence-corrected chi connectivity index (χ3v) is 4.49. The highest BCUT2D eigenvalue weighted by Gasteiger charge is 2.17. The number of benzene rings is 1. The van der Waals surface area contributed by atoms with Crippen LogP contribution in [0.15, 0.2) is 29.3 Å². The Morgan fingerprint density at radius 1 is 1.08 bits per heavy atom. The Balaban J connectivity index is 0.00000312. The van der Waals surface area contributed by atoms with Crippen LogP contribution in [0.4, 0.5) is 0 Å². The number of carbonyl (C=O) groups is 1. The van der Waals surface area contributed by atoms with Gasteiger partial charge in [0.1, 0.15) is 0 Å². The molecule has 1 fully saturated rings. The molecule has 0 heterocycles. The maximum atomic E-state index is 11.9. The summed E-state index contributed by atoms with van der Waals surface area (Å²) in [5.74, 6) is 1.52. The molecule has 140 valence electrons. The quantitative estimate of drug-likeness (QED) is 0.255. The second-order valence-corrected chi connectivity index (χ2v) is 6.54. The summed E-state index contributed by atoms with van der Waals surface area (Å²) in [7, 11) is 1.75. The number of aliphatic imine (C=N–C) groups is 1. The zero-order chi connectivity index (χ0) is 17.2. The molecule has 0 unspecified atom stereocenters. The average molecular weight is 458 g/mol. The van der Waals surface area contributed by atoms with Crippen LogP contribution in [0.2, 0.25) is 0 Å². The Morgan fingerprint density at radius 2 is 1.72 bits per heavy atom. The van der Waals surface area contributed by atoms with Crippen molar-refractivity contribution in [3.05, 3.63) is 35.4 Å². The van der Waals surface area contributed by atoms with Gasteiger partial charge in [-0.05, 0) is 31.2 Å². The van der Waals surface area contributed by atoms with Gasteiger partial charge >= 0.3 is 0 Å². The SMILES string of the molecule is CN=C(NCCNC(=O)CC1CCCC1)NCc1ccc(C)cc1.I. The third-order valence-electron chi connectivity index (χ3n) is 4.49. The summed E-state index contributed by atoms with van der Waals surface area (Å²) in [6.45, 7) is 4.10. The van der Waals surface area contributed by atoms with Crippen molar-refractivity contribution in [3.63, 3.8) is 0 Å². The number of hydrogen-bond acceptors (Lipinski definition) is 2. The first-order valence-corrected chi connectivity index (χ1v) is 8.94. The van der Waals surface area contributed by atoms with Crippen molar-refractivity contribution in [3.8, 4) is 0 Å². The Labute approximate surface area is 168 Å². The maximum Gasteiger partial charge on any atom is 0.220 e. The van der Waals surface area contributed by atoms with Gasteiger partial charge in [-0.2, -0.15) is 0 Å². The number of rotatable bonds is 7. The molecule has 0 saturated heterocycles. The van der Waals surface area contributed by atoms with Crippen LogP contribution in [0.3, 0.4) is 0 Å². The minimum absolute atomic E-state index is 0. The zero-order valence-electron chi connectivity index (χ0n) is 15.3. The molecule has 1 aromatic carbocycles. The minimum Gasteiger partial charge on any atom is -0.355 e. The average Bonchev–Trinajstić information content (AvgIpc) is 3.08. The van der Waals surface area contributed by atoms with Crippen molar-refractivity contribution < 1.29 is 4.79 Å². The van der Waals surface area contributed by atoms with Gasteiger partial charge in [-0.3, -0.25) is 9.79 Å². The van der Waals surface area contributed by atoms with Crippen LogP contribution < -0.4 is 16.0 Å². The summed E-state index contributed by atoms with van der Waals surface area (Å²) in [4.78, 5) is 16.1. The fraction of sp³-hybridized carbons (Fsp3) is 0.579. The number of guanidine groups is 1. The van der Waals surface area contributed by atoms with Gasteiger partial charge in [0.05, 0.1) is 0 Å². The van der Waals surface area contributed by atoms with Crippen LogP contribution >= 0.6 is 24.0 Å². The number of hydrogen-bond donors (Lipinski definition) is 3. The number of amides is 1. The number of aryl methyl sites for hydroxylation is 1. The minimum atomic E-state index is 0. The van der Waals surface area contributed by atoms with E-state index in [1.165, 1.54) is 36.8 Å². The summed E-state index contributed by atoms with van der Waals surface area (Å²) in [6.07, 6.45) is 5.66. The molecule has 25 heavy (non-hydrogen) atoms. The smallest absolute Gasteiger partial charge is 0.220 e. The van der Waals surface area contributed by atoms with E-state index >= 15 is 0 Å². The normalized spacial score (nSPS) is 14.7. The van der Waals surface area contributed by atoms with Crippen molar-refractivity contribution in [2.45, 2.75) is 45.6 Å². The Morgan fingerprint density at radius 3 is 2.36 bits per heavy atom. The van der Waals surface area contributed by atoms with Crippen LogP contribution in [0.5, 0.6) is 0 Å². The standard InChI is InChI=1S/C19H30N4O.HI/c1-15-7-9-17(10-8-15)14-23-19(20-2)22-12-11-21-18(24)13-16-5-3-4-6-16;/h7-10,16H,3-6,11-14H2,1-2H3,(H,21,24)(H2,20,22,23);1H. The van der Waals surface area contributed by atoms with E-state index < -0.39 is 0 Å². The lowest BCUT2D eigenvalue weighted by Gasteiger charge is -2.13. The lowest BCUT2D eigenvalue weighted by Crippen LogP contribution is -2.41. The van der Waals surface area contributed by atoms with E-state index in [0.717, 1.165) is 12.5 Å². The van der Waals surface area contributed by atoms with Gasteiger partial charge < -0.3 is 16.0 Å². The molecule has 2 rings (SSSR count). The van der Waals surface area contributed by atoms with Crippen molar-refractivity contribution in [2.24, 2.45) is 10.9 Å². The zero-order valence-corrected chi connectivity index (χ0v) is 17.6. The first-order valence-electron chi connectivity index (χ1n) is 8.94. The third kappa shape index (κ3) is 8.56. The van der Waals surface area contributed by atoms with Gasteiger partial charge in [0.15, 0.2) is 5.96 Å². The van der Waals surface area contributed by atoms with Crippen LogP contribution in [-0.4, -0.2) is 32.0 Å². The van der Waals surface area contributed by atoms with E-state index in [2.05, 4.69) is 52.1 Å². The molecule has 1 amide bonds. The topological polar surface area (TPSA) is 65.5 Å². The number of carbonyl (C=O) groups excluding carboxylic acids is 1. The largest absolute Gasteiger partial charge is 0.355 e. The molecule has 1 aliphatic rings. The fourth-order valence-corrected chi connectivity index (χ4v) is 3.04. The van der Waals surface area contributed by atoms with Crippen LogP contribution in [0.25, 0.3) is 0 Å². The van der Waals surface area contributed by atoms with Gasteiger partial charge in [-0.25, -0.2) is 0 Å². The number of nitrogens with zero attached hydrogens (tertiary/aromatic N) is 1. The Hall–Kier alpha value is -1.31. The molecular weight excluding hydrogens is 427 g/mol. The summed E-state index contributed by atoms with van der Waals surface area (Å²) >= 11 is 0. The highest BCUT2D eigenvalue weighted by Crippen LogP contribution is 2.27. The molecule has 0 atom stereocenters. The van der Waals surface area contributed by atoms with Crippen LogP contribution in [-0.2, 0) is 11.3 Å². The summed E-state index contributed by atoms with van der Waals surface area (Å²) in [5, 5.41) is 9.49. The van der Waals surface area contributed by atoms with Crippen molar-refractivity contribution >= 4 is 35.8 Å². The van der Waals surface area contributed by atoms with E-state index in [4.69, 9.17) is 0 Å².